The number of nitrogens with zero attached hydrogens (tertiary/aromatic N) is 1. The van der Waals surface area contributed by atoms with Crippen LogP contribution in [0.5, 0.6) is 0 Å². The lowest BCUT2D eigenvalue weighted by Gasteiger charge is -2.20. The fourth-order valence-corrected chi connectivity index (χ4v) is 2.49. The average Bonchev–Trinajstić information content (AvgIpc) is 2.40. The first kappa shape index (κ1) is 19.8. The predicted octanol–water partition coefficient (Wildman–Crippen LogP) is 4.43. The Balaban J connectivity index is 3.31. The van der Waals surface area contributed by atoms with Crippen LogP contribution < -0.4 is 5.73 Å². The van der Waals surface area contributed by atoms with Gasteiger partial charge in [-0.1, -0.05) is 64.7 Å². The van der Waals surface area contributed by atoms with E-state index >= 15 is 0 Å². The van der Waals surface area contributed by atoms with Crippen LogP contribution in [0.2, 0.25) is 0 Å². The third-order valence-corrected chi connectivity index (χ3v) is 3.67. The van der Waals surface area contributed by atoms with E-state index in [1.54, 1.807) is 4.90 Å². The van der Waals surface area contributed by atoms with Crippen LogP contribution in [0.3, 0.4) is 0 Å². The van der Waals surface area contributed by atoms with Crippen LogP contribution in [0.1, 0.15) is 71.1 Å². The summed E-state index contributed by atoms with van der Waals surface area (Å²) in [4.78, 5) is 1.79. The number of hydrogen-bond acceptors (Lipinski definition) is 2. The fourth-order valence-electron chi connectivity index (χ4n) is 2.49. The number of unbranched alkanes of at least 4 members (excludes halogenated alkanes) is 9. The Bertz CT molecular complexity index is 189. The number of alkyl halides is 2. The minimum Gasteiger partial charge on any atom is -0.329 e. The van der Waals surface area contributed by atoms with Crippen molar-refractivity contribution in [1.29, 1.82) is 0 Å². The molecule has 0 atom stereocenters. The second kappa shape index (κ2) is 15.2. The van der Waals surface area contributed by atoms with Crippen molar-refractivity contribution in [2.24, 2.45) is 5.73 Å². The normalized spacial score (nSPS) is 11.7. The van der Waals surface area contributed by atoms with Crippen molar-refractivity contribution in [3.63, 3.8) is 0 Å². The molecule has 0 aliphatic heterocycles. The second-order valence-corrected chi connectivity index (χ2v) is 5.66. The van der Waals surface area contributed by atoms with Gasteiger partial charge in [0.05, 0.1) is 6.54 Å². The Morgan fingerprint density at radius 2 is 1.30 bits per heavy atom. The van der Waals surface area contributed by atoms with Gasteiger partial charge in [-0.25, -0.2) is 8.78 Å². The molecule has 4 heteroatoms. The van der Waals surface area contributed by atoms with Gasteiger partial charge in [0, 0.05) is 13.1 Å². The van der Waals surface area contributed by atoms with E-state index in [9.17, 15) is 8.78 Å². The van der Waals surface area contributed by atoms with Crippen LogP contribution >= 0.6 is 0 Å². The zero-order valence-electron chi connectivity index (χ0n) is 13.3. The zero-order valence-corrected chi connectivity index (χ0v) is 13.3. The molecule has 0 unspecified atom stereocenters. The van der Waals surface area contributed by atoms with Gasteiger partial charge in [-0.05, 0) is 13.0 Å². The SMILES string of the molecule is CCCCCCCCCCCCN(CCN)CC(F)F. The summed E-state index contributed by atoms with van der Waals surface area (Å²) in [6, 6.07) is 0. The van der Waals surface area contributed by atoms with Crippen molar-refractivity contribution in [1.82, 2.24) is 4.90 Å². The minimum absolute atomic E-state index is 0.130. The van der Waals surface area contributed by atoms with E-state index in [0.29, 0.717) is 13.1 Å². The molecule has 122 valence electrons. The highest BCUT2D eigenvalue weighted by Gasteiger charge is 2.10. The van der Waals surface area contributed by atoms with E-state index in [1.807, 2.05) is 0 Å². The highest BCUT2D eigenvalue weighted by Crippen LogP contribution is 2.11. The maximum absolute atomic E-state index is 12.3. The Morgan fingerprint density at radius 3 is 1.75 bits per heavy atom. The van der Waals surface area contributed by atoms with Gasteiger partial charge in [0.25, 0.3) is 6.43 Å². The highest BCUT2D eigenvalue weighted by molar-refractivity contribution is 4.60. The van der Waals surface area contributed by atoms with E-state index in [2.05, 4.69) is 6.92 Å². The van der Waals surface area contributed by atoms with Gasteiger partial charge in [0.1, 0.15) is 0 Å². The number of nitrogens with two attached hydrogens (primary N) is 1. The van der Waals surface area contributed by atoms with Gasteiger partial charge in [0.15, 0.2) is 0 Å². The zero-order chi connectivity index (χ0) is 15.1. The van der Waals surface area contributed by atoms with Gasteiger partial charge >= 0.3 is 0 Å². The van der Waals surface area contributed by atoms with E-state index < -0.39 is 6.43 Å². The maximum Gasteiger partial charge on any atom is 0.251 e. The maximum atomic E-state index is 12.3. The lowest BCUT2D eigenvalue weighted by atomic mass is 10.1. The number of halogens is 2. The fraction of sp³-hybridized carbons (Fsp3) is 1.00. The third-order valence-electron chi connectivity index (χ3n) is 3.67. The van der Waals surface area contributed by atoms with Crippen LogP contribution in [0, 0.1) is 0 Å². The first-order valence-electron chi connectivity index (χ1n) is 8.41. The minimum atomic E-state index is -2.25. The second-order valence-electron chi connectivity index (χ2n) is 5.66. The van der Waals surface area contributed by atoms with Gasteiger partial charge in [-0.3, -0.25) is 4.90 Å². The summed E-state index contributed by atoms with van der Waals surface area (Å²) in [5, 5.41) is 0. The molecule has 2 N–H and O–H groups in total. The van der Waals surface area contributed by atoms with Crippen molar-refractivity contribution in [2.75, 3.05) is 26.2 Å². The molecule has 0 bridgehead atoms. The molecule has 0 rings (SSSR count). The molecule has 0 amide bonds. The van der Waals surface area contributed by atoms with Crippen LogP contribution in [-0.4, -0.2) is 37.5 Å². The van der Waals surface area contributed by atoms with Crippen LogP contribution in [0.25, 0.3) is 0 Å². The third kappa shape index (κ3) is 14.2. The van der Waals surface area contributed by atoms with Gasteiger partial charge in [0.2, 0.25) is 0 Å². The van der Waals surface area contributed by atoms with E-state index in [4.69, 9.17) is 5.73 Å². The summed E-state index contributed by atoms with van der Waals surface area (Å²) in [5.41, 5.74) is 5.44. The monoisotopic (exact) mass is 292 g/mol. The predicted molar refractivity (Wildman–Crippen MR) is 83.3 cm³/mol. The molecule has 0 spiro atoms. The first-order valence-corrected chi connectivity index (χ1v) is 8.41. The summed E-state index contributed by atoms with van der Waals surface area (Å²) in [5.74, 6) is 0. The molecule has 0 aromatic heterocycles. The molecule has 0 aliphatic carbocycles. The Morgan fingerprint density at radius 1 is 0.800 bits per heavy atom. The molecule has 0 fully saturated rings. The van der Waals surface area contributed by atoms with E-state index in [1.165, 1.54) is 51.4 Å². The number of rotatable bonds is 15. The van der Waals surface area contributed by atoms with Crippen molar-refractivity contribution in [2.45, 2.75) is 77.6 Å². The van der Waals surface area contributed by atoms with Crippen molar-refractivity contribution >= 4 is 0 Å². The standard InChI is InChI=1S/C16H34F2N2/c1-2-3-4-5-6-7-8-9-10-11-13-20(14-12-19)15-16(17)18/h16H,2-15,19H2,1H3. The van der Waals surface area contributed by atoms with Crippen LogP contribution in [0.15, 0.2) is 0 Å². The van der Waals surface area contributed by atoms with Crippen molar-refractivity contribution < 1.29 is 8.78 Å². The molecule has 0 aromatic carbocycles. The molecular weight excluding hydrogens is 258 g/mol. The Labute approximate surface area is 124 Å². The smallest absolute Gasteiger partial charge is 0.251 e. The van der Waals surface area contributed by atoms with E-state index in [-0.39, 0.29) is 6.54 Å². The molecule has 0 radical (unpaired) electrons. The van der Waals surface area contributed by atoms with Crippen LogP contribution in [-0.2, 0) is 0 Å². The molecule has 0 saturated carbocycles. The van der Waals surface area contributed by atoms with Crippen molar-refractivity contribution in [3.8, 4) is 0 Å². The van der Waals surface area contributed by atoms with E-state index in [0.717, 1.165) is 19.4 Å². The summed E-state index contributed by atoms with van der Waals surface area (Å²) in [6.07, 6.45) is 10.5. The molecule has 0 aromatic rings. The average molecular weight is 292 g/mol. The van der Waals surface area contributed by atoms with Gasteiger partial charge in [-0.2, -0.15) is 0 Å². The summed E-state index contributed by atoms with van der Waals surface area (Å²) in [7, 11) is 0. The number of hydrogen-bond donors (Lipinski definition) is 1. The lowest BCUT2D eigenvalue weighted by Crippen LogP contribution is -2.34. The topological polar surface area (TPSA) is 29.3 Å². The molecule has 20 heavy (non-hydrogen) atoms. The molecule has 0 saturated heterocycles. The van der Waals surface area contributed by atoms with Gasteiger partial charge < -0.3 is 5.73 Å². The summed E-state index contributed by atoms with van der Waals surface area (Å²) in [6.45, 7) is 3.92. The highest BCUT2D eigenvalue weighted by atomic mass is 19.3. The summed E-state index contributed by atoms with van der Waals surface area (Å²) >= 11 is 0. The molecule has 2 nitrogen and oxygen atoms in total. The Hall–Kier alpha value is -0.220. The molecule has 0 aliphatic rings. The molecular formula is C16H34F2N2. The first-order chi connectivity index (χ1) is 9.70. The molecule has 0 heterocycles. The Kier molecular flexibility index (Phi) is 15.0. The summed E-state index contributed by atoms with van der Waals surface area (Å²) < 4.78 is 24.7. The largest absolute Gasteiger partial charge is 0.329 e. The van der Waals surface area contributed by atoms with Crippen LogP contribution in [0.4, 0.5) is 8.78 Å². The van der Waals surface area contributed by atoms with Crippen molar-refractivity contribution in [3.05, 3.63) is 0 Å². The lowest BCUT2D eigenvalue weighted by molar-refractivity contribution is 0.0887. The van der Waals surface area contributed by atoms with Gasteiger partial charge in [-0.15, -0.1) is 0 Å². The quantitative estimate of drug-likeness (QED) is 0.452.